The lowest BCUT2D eigenvalue weighted by Crippen LogP contribution is -2.11. The van der Waals surface area contributed by atoms with E-state index in [4.69, 9.17) is 0 Å². The molecule has 0 aliphatic carbocycles. The molecule has 0 amide bonds. The number of hydrogen-bond acceptors (Lipinski definition) is 5. The van der Waals surface area contributed by atoms with Gasteiger partial charge in [-0.3, -0.25) is 0 Å². The summed E-state index contributed by atoms with van der Waals surface area (Å²) < 4.78 is 1.91. The van der Waals surface area contributed by atoms with E-state index in [0.29, 0.717) is 0 Å². The molecule has 6 heteroatoms. The lowest BCUT2D eigenvalue weighted by molar-refractivity contribution is 0.718. The van der Waals surface area contributed by atoms with Gasteiger partial charge in [0.05, 0.1) is 11.7 Å². The molecule has 86 valence electrons. The SMILES string of the molecule is Cc1nc(NC(C)c2nncn2C)sc1C. The summed E-state index contributed by atoms with van der Waals surface area (Å²) in [4.78, 5) is 5.68. The molecule has 5 nitrogen and oxygen atoms in total. The third-order valence-corrected chi connectivity index (χ3v) is 3.51. The smallest absolute Gasteiger partial charge is 0.183 e. The van der Waals surface area contributed by atoms with Gasteiger partial charge in [-0.1, -0.05) is 0 Å². The zero-order valence-electron chi connectivity index (χ0n) is 9.85. The average molecular weight is 237 g/mol. The van der Waals surface area contributed by atoms with Gasteiger partial charge >= 0.3 is 0 Å². The van der Waals surface area contributed by atoms with Crippen LogP contribution in [0.1, 0.15) is 29.4 Å². The maximum absolute atomic E-state index is 4.44. The number of hydrogen-bond donors (Lipinski definition) is 1. The Morgan fingerprint density at radius 1 is 1.44 bits per heavy atom. The average Bonchev–Trinajstić information content (AvgIpc) is 2.74. The van der Waals surface area contributed by atoms with Gasteiger partial charge < -0.3 is 9.88 Å². The van der Waals surface area contributed by atoms with E-state index in [1.807, 2.05) is 18.5 Å². The molecule has 1 N–H and O–H groups in total. The molecule has 0 fully saturated rings. The van der Waals surface area contributed by atoms with E-state index in [-0.39, 0.29) is 6.04 Å². The van der Waals surface area contributed by atoms with Crippen LogP contribution in [0.3, 0.4) is 0 Å². The van der Waals surface area contributed by atoms with Crippen LogP contribution in [0.4, 0.5) is 5.13 Å². The summed E-state index contributed by atoms with van der Waals surface area (Å²) in [6.07, 6.45) is 1.70. The highest BCUT2D eigenvalue weighted by Crippen LogP contribution is 2.24. The summed E-state index contributed by atoms with van der Waals surface area (Å²) in [7, 11) is 1.94. The van der Waals surface area contributed by atoms with Crippen molar-refractivity contribution in [2.75, 3.05) is 5.32 Å². The summed E-state index contributed by atoms with van der Waals surface area (Å²) in [5, 5.41) is 12.2. The van der Waals surface area contributed by atoms with Gasteiger partial charge in [0.2, 0.25) is 0 Å². The summed E-state index contributed by atoms with van der Waals surface area (Å²) in [5.74, 6) is 0.908. The van der Waals surface area contributed by atoms with Gasteiger partial charge in [0.25, 0.3) is 0 Å². The second-order valence-electron chi connectivity index (χ2n) is 3.83. The Bertz CT molecular complexity index is 468. The molecular formula is C10H15N5S. The summed E-state index contributed by atoms with van der Waals surface area (Å²) in [6, 6.07) is 0.109. The van der Waals surface area contributed by atoms with Crippen molar-refractivity contribution >= 4 is 16.5 Å². The van der Waals surface area contributed by atoms with Crippen LogP contribution in [0.15, 0.2) is 6.33 Å². The predicted molar refractivity (Wildman–Crippen MR) is 64.6 cm³/mol. The fraction of sp³-hybridized carbons (Fsp3) is 0.500. The maximum atomic E-state index is 4.44. The lowest BCUT2D eigenvalue weighted by Gasteiger charge is -2.11. The molecule has 0 bridgehead atoms. The Morgan fingerprint density at radius 2 is 2.19 bits per heavy atom. The Morgan fingerprint density at radius 3 is 2.69 bits per heavy atom. The van der Waals surface area contributed by atoms with E-state index in [0.717, 1.165) is 16.6 Å². The third kappa shape index (κ3) is 2.06. The van der Waals surface area contributed by atoms with Crippen LogP contribution in [0.5, 0.6) is 0 Å². The first-order chi connectivity index (χ1) is 7.58. The maximum Gasteiger partial charge on any atom is 0.183 e. The van der Waals surface area contributed by atoms with Gasteiger partial charge in [-0.25, -0.2) is 4.98 Å². The minimum absolute atomic E-state index is 0.109. The molecule has 2 aromatic rings. The Balaban J connectivity index is 2.13. The monoisotopic (exact) mass is 237 g/mol. The van der Waals surface area contributed by atoms with Crippen molar-refractivity contribution in [3.05, 3.63) is 22.7 Å². The van der Waals surface area contributed by atoms with Crippen LogP contribution in [-0.4, -0.2) is 19.7 Å². The zero-order chi connectivity index (χ0) is 11.7. The van der Waals surface area contributed by atoms with Crippen LogP contribution in [-0.2, 0) is 7.05 Å². The molecule has 0 saturated heterocycles. The van der Waals surface area contributed by atoms with Gasteiger partial charge in [0.1, 0.15) is 6.33 Å². The van der Waals surface area contributed by atoms with Crippen LogP contribution >= 0.6 is 11.3 Å². The van der Waals surface area contributed by atoms with Crippen molar-refractivity contribution in [1.82, 2.24) is 19.7 Å². The topological polar surface area (TPSA) is 55.6 Å². The van der Waals surface area contributed by atoms with Crippen molar-refractivity contribution in [3.8, 4) is 0 Å². The number of aromatic nitrogens is 4. The molecule has 1 unspecified atom stereocenters. The second kappa shape index (κ2) is 4.21. The normalized spacial score (nSPS) is 12.8. The van der Waals surface area contributed by atoms with Crippen LogP contribution in [0.2, 0.25) is 0 Å². The Kier molecular flexibility index (Phi) is 2.91. The third-order valence-electron chi connectivity index (χ3n) is 2.50. The first-order valence-electron chi connectivity index (χ1n) is 5.12. The number of anilines is 1. The van der Waals surface area contributed by atoms with E-state index in [1.54, 1.807) is 17.7 Å². The number of nitrogens with one attached hydrogen (secondary N) is 1. The van der Waals surface area contributed by atoms with Crippen LogP contribution in [0, 0.1) is 13.8 Å². The number of aryl methyl sites for hydroxylation is 3. The Hall–Kier alpha value is -1.43. The highest BCUT2D eigenvalue weighted by Gasteiger charge is 2.13. The van der Waals surface area contributed by atoms with E-state index >= 15 is 0 Å². The van der Waals surface area contributed by atoms with Crippen molar-refractivity contribution in [2.24, 2.45) is 7.05 Å². The number of rotatable bonds is 3. The zero-order valence-corrected chi connectivity index (χ0v) is 10.7. The largest absolute Gasteiger partial charge is 0.352 e. The summed E-state index contributed by atoms with van der Waals surface area (Å²) >= 11 is 1.67. The first-order valence-corrected chi connectivity index (χ1v) is 5.94. The van der Waals surface area contributed by atoms with Crippen LogP contribution in [0.25, 0.3) is 0 Å². The highest BCUT2D eigenvalue weighted by molar-refractivity contribution is 7.15. The molecule has 0 spiro atoms. The molecular weight excluding hydrogens is 222 g/mol. The molecule has 0 aliphatic heterocycles. The van der Waals surface area contributed by atoms with Gasteiger partial charge in [-0.05, 0) is 20.8 Å². The molecule has 0 aromatic carbocycles. The van der Waals surface area contributed by atoms with Gasteiger partial charge in [0, 0.05) is 11.9 Å². The number of thiazole rings is 1. The van der Waals surface area contributed by atoms with Crippen molar-refractivity contribution in [2.45, 2.75) is 26.8 Å². The molecule has 1 atom stereocenters. The van der Waals surface area contributed by atoms with Crippen molar-refractivity contribution in [3.63, 3.8) is 0 Å². The van der Waals surface area contributed by atoms with E-state index in [9.17, 15) is 0 Å². The van der Waals surface area contributed by atoms with Crippen LogP contribution < -0.4 is 5.32 Å². The van der Waals surface area contributed by atoms with Crippen molar-refractivity contribution < 1.29 is 0 Å². The molecule has 2 rings (SSSR count). The molecule has 2 heterocycles. The van der Waals surface area contributed by atoms with Crippen molar-refractivity contribution in [1.29, 1.82) is 0 Å². The highest BCUT2D eigenvalue weighted by atomic mass is 32.1. The second-order valence-corrected chi connectivity index (χ2v) is 5.03. The van der Waals surface area contributed by atoms with Gasteiger partial charge in [-0.2, -0.15) is 0 Å². The fourth-order valence-electron chi connectivity index (χ4n) is 1.47. The molecule has 0 radical (unpaired) electrons. The quantitative estimate of drug-likeness (QED) is 0.887. The standard InChI is InChI=1S/C10H15N5S/c1-6-8(3)16-10(12-6)13-7(2)9-14-11-5-15(9)4/h5,7H,1-4H3,(H,12,13). The van der Waals surface area contributed by atoms with Gasteiger partial charge in [0.15, 0.2) is 11.0 Å². The molecule has 0 saturated carbocycles. The van der Waals surface area contributed by atoms with E-state index < -0.39 is 0 Å². The van der Waals surface area contributed by atoms with E-state index in [1.165, 1.54) is 4.88 Å². The summed E-state index contributed by atoms with van der Waals surface area (Å²) in [5.41, 5.74) is 1.08. The predicted octanol–water partition coefficient (Wildman–Crippen LogP) is 2.06. The molecule has 0 aliphatic rings. The summed E-state index contributed by atoms with van der Waals surface area (Å²) in [6.45, 7) is 6.14. The molecule has 2 aromatic heterocycles. The molecule has 16 heavy (non-hydrogen) atoms. The fourth-order valence-corrected chi connectivity index (χ4v) is 2.37. The lowest BCUT2D eigenvalue weighted by atomic mass is 10.3. The Labute approximate surface area is 98.5 Å². The number of nitrogens with zero attached hydrogens (tertiary/aromatic N) is 4. The van der Waals surface area contributed by atoms with Gasteiger partial charge in [-0.15, -0.1) is 21.5 Å². The minimum atomic E-state index is 0.109. The minimum Gasteiger partial charge on any atom is -0.352 e. The van der Waals surface area contributed by atoms with E-state index in [2.05, 4.69) is 34.3 Å². The first kappa shape index (κ1) is 11.1.